The highest BCUT2D eigenvalue weighted by Crippen LogP contribution is 2.19. The smallest absolute Gasteiger partial charge is 0.220 e. The predicted molar refractivity (Wildman–Crippen MR) is 79.0 cm³/mol. The number of carbonyl (C=O) groups is 1. The highest BCUT2D eigenvalue weighted by Gasteiger charge is 2.31. The fraction of sp³-hybridized carbons (Fsp3) is 0.500. The zero-order valence-corrected chi connectivity index (χ0v) is 12.2. The number of benzene rings is 1. The molecule has 1 amide bonds. The molecule has 110 valence electrons. The molecule has 2 rings (SSSR count). The average molecular weight is 296 g/mol. The van der Waals surface area contributed by atoms with Crippen molar-refractivity contribution >= 4 is 21.4 Å². The zero-order chi connectivity index (χ0) is 14.6. The fourth-order valence-corrected chi connectivity index (χ4v) is 4.11. The molecular formula is C14H20N2O3S. The maximum atomic E-state index is 11.7. The molecule has 6 heteroatoms. The molecule has 1 saturated heterocycles. The molecule has 0 radical (unpaired) electrons. The second kappa shape index (κ2) is 6.26. The number of hydrogen-bond acceptors (Lipinski definition) is 4. The number of carbonyl (C=O) groups excluding carboxylic acids is 1. The molecule has 0 aromatic heterocycles. The van der Waals surface area contributed by atoms with Crippen LogP contribution in [-0.2, 0) is 21.1 Å². The summed E-state index contributed by atoms with van der Waals surface area (Å²) in [4.78, 5) is 11.7. The van der Waals surface area contributed by atoms with E-state index in [1.807, 2.05) is 12.1 Å². The number of amides is 1. The summed E-state index contributed by atoms with van der Waals surface area (Å²) in [5, 5.41) is 2.32. The van der Waals surface area contributed by atoms with Crippen molar-refractivity contribution in [2.75, 3.05) is 18.0 Å². The van der Waals surface area contributed by atoms with Crippen molar-refractivity contribution < 1.29 is 13.2 Å². The fourth-order valence-electron chi connectivity index (χ4n) is 2.35. The lowest BCUT2D eigenvalue weighted by molar-refractivity contribution is -0.121. The summed E-state index contributed by atoms with van der Waals surface area (Å²) >= 11 is 0. The Morgan fingerprint density at radius 3 is 2.60 bits per heavy atom. The third-order valence-electron chi connectivity index (χ3n) is 3.61. The van der Waals surface area contributed by atoms with E-state index in [2.05, 4.69) is 5.32 Å². The molecule has 1 atom stereocenters. The van der Waals surface area contributed by atoms with Gasteiger partial charge in [0.05, 0.1) is 11.0 Å². The first-order valence-electron chi connectivity index (χ1n) is 6.80. The van der Waals surface area contributed by atoms with Gasteiger partial charge < -0.3 is 11.1 Å². The van der Waals surface area contributed by atoms with Crippen LogP contribution in [0.25, 0.3) is 0 Å². The van der Waals surface area contributed by atoms with Crippen LogP contribution < -0.4 is 11.1 Å². The van der Waals surface area contributed by atoms with Crippen LogP contribution in [0.1, 0.15) is 24.8 Å². The van der Waals surface area contributed by atoms with Gasteiger partial charge in [0.2, 0.25) is 5.91 Å². The Labute approximate surface area is 119 Å². The van der Waals surface area contributed by atoms with E-state index in [0.717, 1.165) is 5.56 Å². The van der Waals surface area contributed by atoms with Crippen LogP contribution in [0.15, 0.2) is 24.3 Å². The number of rotatable bonds is 5. The van der Waals surface area contributed by atoms with Gasteiger partial charge in [0.25, 0.3) is 0 Å². The monoisotopic (exact) mass is 296 g/mol. The Hall–Kier alpha value is -1.56. The summed E-state index contributed by atoms with van der Waals surface area (Å²) in [6, 6.07) is 7.39. The lowest BCUT2D eigenvalue weighted by Crippen LogP contribution is -2.34. The summed E-state index contributed by atoms with van der Waals surface area (Å²) in [6.45, 7) is 0.239. The standard InChI is InChI=1S/C14H20N2O3S/c15-12-6-3-11(4-7-12)5-8-14(17)16-10-13-2-1-9-20(13,18)19/h3-4,6-7,13H,1-2,5,8-10,15H2,(H,16,17). The minimum atomic E-state index is -2.98. The quantitative estimate of drug-likeness (QED) is 0.790. The Kier molecular flexibility index (Phi) is 4.65. The van der Waals surface area contributed by atoms with Crippen LogP contribution in [0.3, 0.4) is 0 Å². The van der Waals surface area contributed by atoms with Crippen LogP contribution in [0.4, 0.5) is 5.69 Å². The number of sulfone groups is 1. The van der Waals surface area contributed by atoms with Gasteiger partial charge >= 0.3 is 0 Å². The first-order chi connectivity index (χ1) is 9.47. The maximum absolute atomic E-state index is 11.7. The van der Waals surface area contributed by atoms with Gasteiger partial charge in [-0.15, -0.1) is 0 Å². The van der Waals surface area contributed by atoms with Crippen LogP contribution in [0, 0.1) is 0 Å². The Balaban J connectivity index is 1.74. The minimum absolute atomic E-state index is 0.107. The van der Waals surface area contributed by atoms with E-state index >= 15 is 0 Å². The van der Waals surface area contributed by atoms with E-state index < -0.39 is 15.1 Å². The number of nitrogens with two attached hydrogens (primary N) is 1. The summed E-state index contributed by atoms with van der Waals surface area (Å²) in [5.41, 5.74) is 7.33. The molecule has 0 saturated carbocycles. The van der Waals surface area contributed by atoms with Gasteiger partial charge in [-0.3, -0.25) is 4.79 Å². The number of nitrogens with one attached hydrogen (secondary N) is 1. The highest BCUT2D eigenvalue weighted by molar-refractivity contribution is 7.92. The lowest BCUT2D eigenvalue weighted by atomic mass is 10.1. The number of anilines is 1. The highest BCUT2D eigenvalue weighted by atomic mass is 32.2. The van der Waals surface area contributed by atoms with Gasteiger partial charge in [-0.05, 0) is 37.0 Å². The number of hydrogen-bond donors (Lipinski definition) is 2. The van der Waals surface area contributed by atoms with Crippen LogP contribution in [-0.4, -0.2) is 31.9 Å². The maximum Gasteiger partial charge on any atom is 0.220 e. The van der Waals surface area contributed by atoms with Crippen molar-refractivity contribution in [1.82, 2.24) is 5.32 Å². The van der Waals surface area contributed by atoms with Gasteiger partial charge in [-0.2, -0.15) is 0 Å². The third kappa shape index (κ3) is 3.96. The molecule has 1 fully saturated rings. The average Bonchev–Trinajstić information content (AvgIpc) is 2.74. The third-order valence-corrected chi connectivity index (χ3v) is 5.89. The zero-order valence-electron chi connectivity index (χ0n) is 11.3. The lowest BCUT2D eigenvalue weighted by Gasteiger charge is -2.10. The van der Waals surface area contributed by atoms with E-state index in [-0.39, 0.29) is 18.2 Å². The molecule has 1 unspecified atom stereocenters. The van der Waals surface area contributed by atoms with Crippen molar-refractivity contribution in [1.29, 1.82) is 0 Å². The van der Waals surface area contributed by atoms with Crippen LogP contribution >= 0.6 is 0 Å². The van der Waals surface area contributed by atoms with E-state index in [0.29, 0.717) is 31.4 Å². The Bertz CT molecular complexity index is 567. The largest absolute Gasteiger partial charge is 0.399 e. The van der Waals surface area contributed by atoms with Crippen molar-refractivity contribution in [2.45, 2.75) is 30.9 Å². The molecule has 0 spiro atoms. The minimum Gasteiger partial charge on any atom is -0.399 e. The molecule has 20 heavy (non-hydrogen) atoms. The van der Waals surface area contributed by atoms with Gasteiger partial charge in [0.15, 0.2) is 9.84 Å². The summed E-state index contributed by atoms with van der Waals surface area (Å²) < 4.78 is 23.2. The second-order valence-electron chi connectivity index (χ2n) is 5.18. The van der Waals surface area contributed by atoms with E-state index in [1.165, 1.54) is 0 Å². The van der Waals surface area contributed by atoms with Crippen molar-refractivity contribution in [3.05, 3.63) is 29.8 Å². The van der Waals surface area contributed by atoms with Gasteiger partial charge in [-0.1, -0.05) is 12.1 Å². The number of aryl methyl sites for hydroxylation is 1. The molecule has 0 aliphatic carbocycles. The second-order valence-corrected chi connectivity index (χ2v) is 7.58. The van der Waals surface area contributed by atoms with Gasteiger partial charge in [-0.25, -0.2) is 8.42 Å². The normalized spacial score (nSPS) is 20.7. The Morgan fingerprint density at radius 1 is 1.30 bits per heavy atom. The molecule has 1 aromatic carbocycles. The van der Waals surface area contributed by atoms with Crippen molar-refractivity contribution in [2.24, 2.45) is 0 Å². The molecule has 0 bridgehead atoms. The Morgan fingerprint density at radius 2 is 2.00 bits per heavy atom. The van der Waals surface area contributed by atoms with E-state index in [1.54, 1.807) is 12.1 Å². The van der Waals surface area contributed by atoms with Crippen molar-refractivity contribution in [3.63, 3.8) is 0 Å². The van der Waals surface area contributed by atoms with Gasteiger partial charge in [0, 0.05) is 18.7 Å². The molecule has 1 aliphatic rings. The van der Waals surface area contributed by atoms with E-state index in [9.17, 15) is 13.2 Å². The molecule has 1 aliphatic heterocycles. The van der Waals surface area contributed by atoms with Crippen LogP contribution in [0.5, 0.6) is 0 Å². The predicted octanol–water partition coefficient (Wildman–Crippen LogP) is 0.895. The first-order valence-corrected chi connectivity index (χ1v) is 8.51. The SMILES string of the molecule is Nc1ccc(CCC(=O)NCC2CCCS2(=O)=O)cc1. The topological polar surface area (TPSA) is 89.3 Å². The van der Waals surface area contributed by atoms with Crippen LogP contribution in [0.2, 0.25) is 0 Å². The van der Waals surface area contributed by atoms with Gasteiger partial charge in [0.1, 0.15) is 0 Å². The van der Waals surface area contributed by atoms with Crippen molar-refractivity contribution in [3.8, 4) is 0 Å². The molecular weight excluding hydrogens is 276 g/mol. The van der Waals surface area contributed by atoms with E-state index in [4.69, 9.17) is 5.73 Å². The molecule has 5 nitrogen and oxygen atoms in total. The molecule has 1 heterocycles. The summed E-state index contributed by atoms with van der Waals surface area (Å²) in [5.74, 6) is 0.142. The summed E-state index contributed by atoms with van der Waals surface area (Å²) in [7, 11) is -2.98. The first kappa shape index (κ1) is 14.8. The number of nitrogen functional groups attached to an aromatic ring is 1. The molecule has 1 aromatic rings. The summed E-state index contributed by atoms with van der Waals surface area (Å²) in [6.07, 6.45) is 2.34. The molecule has 3 N–H and O–H groups in total.